The Morgan fingerprint density at radius 1 is 1.14 bits per heavy atom. The highest BCUT2D eigenvalue weighted by molar-refractivity contribution is 7.15. The van der Waals surface area contributed by atoms with Gasteiger partial charge in [0.05, 0.1) is 12.6 Å². The number of rotatable bonds is 6. The van der Waals surface area contributed by atoms with E-state index in [4.69, 9.17) is 0 Å². The van der Waals surface area contributed by atoms with Crippen molar-refractivity contribution in [3.05, 3.63) is 73.5 Å². The molecular formula is C16H13N7O4S. The van der Waals surface area contributed by atoms with Crippen LogP contribution in [0, 0.1) is 0 Å². The quantitative estimate of drug-likeness (QED) is 0.333. The zero-order valence-corrected chi connectivity index (χ0v) is 14.9. The second-order valence-electron chi connectivity index (χ2n) is 5.34. The number of carbonyl (C=O) groups excluding carboxylic acids is 2. The molecule has 11 nitrogen and oxygen atoms in total. The van der Waals surface area contributed by atoms with Crippen LogP contribution in [0.1, 0.15) is 21.1 Å². The van der Waals surface area contributed by atoms with Gasteiger partial charge in [0, 0.05) is 6.07 Å². The van der Waals surface area contributed by atoms with Crippen LogP contribution in [0.2, 0.25) is 0 Å². The van der Waals surface area contributed by atoms with Crippen molar-refractivity contribution in [1.29, 1.82) is 0 Å². The van der Waals surface area contributed by atoms with Crippen molar-refractivity contribution >= 4 is 34.5 Å². The maximum absolute atomic E-state index is 12.0. The number of nitrogens with one attached hydrogen (secondary N) is 4. The van der Waals surface area contributed by atoms with Crippen LogP contribution in [0.25, 0.3) is 0 Å². The van der Waals surface area contributed by atoms with Crippen molar-refractivity contribution in [2.45, 2.75) is 6.42 Å². The molecule has 2 aromatic heterocycles. The van der Waals surface area contributed by atoms with E-state index in [9.17, 15) is 19.2 Å². The summed E-state index contributed by atoms with van der Waals surface area (Å²) in [5, 5.41) is 14.3. The van der Waals surface area contributed by atoms with Crippen LogP contribution in [0.15, 0.2) is 51.1 Å². The van der Waals surface area contributed by atoms with Gasteiger partial charge in [-0.25, -0.2) is 10.2 Å². The number of hydrogen-bond acceptors (Lipinski definition) is 8. The number of H-pyrrole nitrogens is 2. The molecule has 0 unspecified atom stereocenters. The van der Waals surface area contributed by atoms with Gasteiger partial charge in [0.15, 0.2) is 0 Å². The Kier molecular flexibility index (Phi) is 5.81. The predicted molar refractivity (Wildman–Crippen MR) is 101 cm³/mol. The highest BCUT2D eigenvalue weighted by Gasteiger charge is 2.13. The van der Waals surface area contributed by atoms with Crippen molar-refractivity contribution in [1.82, 2.24) is 25.6 Å². The second-order valence-corrected chi connectivity index (χ2v) is 6.40. The normalized spacial score (nSPS) is 10.7. The minimum Gasteiger partial charge on any atom is -0.303 e. The third kappa shape index (κ3) is 5.28. The topological polar surface area (TPSA) is 162 Å². The van der Waals surface area contributed by atoms with E-state index >= 15 is 0 Å². The van der Waals surface area contributed by atoms with Gasteiger partial charge in [-0.2, -0.15) is 5.10 Å². The van der Waals surface area contributed by atoms with E-state index in [0.717, 1.165) is 23.0 Å². The third-order valence-electron chi connectivity index (χ3n) is 3.21. The number of carbonyl (C=O) groups is 2. The van der Waals surface area contributed by atoms with E-state index in [-0.39, 0.29) is 17.2 Å². The molecule has 0 aliphatic rings. The molecule has 0 atom stereocenters. The van der Waals surface area contributed by atoms with Crippen molar-refractivity contribution in [3.63, 3.8) is 0 Å². The summed E-state index contributed by atoms with van der Waals surface area (Å²) in [5.74, 6) is -1.14. The van der Waals surface area contributed by atoms with E-state index in [1.807, 2.05) is 35.3 Å². The number of hydrazone groups is 1. The zero-order chi connectivity index (χ0) is 19.9. The number of amides is 2. The molecule has 0 fully saturated rings. The molecule has 0 aliphatic heterocycles. The Labute approximate surface area is 160 Å². The SMILES string of the molecule is O=C(Cc1nnc(NC(=O)c2cc(=O)[nH]c(=O)[nH]2)s1)NN=Cc1ccccc1. The highest BCUT2D eigenvalue weighted by Crippen LogP contribution is 2.16. The molecule has 2 amide bonds. The number of nitrogens with zero attached hydrogens (tertiary/aromatic N) is 3. The van der Waals surface area contributed by atoms with Gasteiger partial charge in [0.25, 0.3) is 11.5 Å². The van der Waals surface area contributed by atoms with Crippen molar-refractivity contribution in [2.75, 3.05) is 5.32 Å². The van der Waals surface area contributed by atoms with Gasteiger partial charge < -0.3 is 4.98 Å². The standard InChI is InChI=1S/C16H13N7O4S/c24-11-6-10(18-15(27)19-11)14(26)20-16-23-22-13(28-16)7-12(25)21-17-8-9-4-2-1-3-5-9/h1-6,8H,7H2,(H,21,25)(H,20,23,26)(H2,18,19,24,27). The molecule has 0 radical (unpaired) electrons. The summed E-state index contributed by atoms with van der Waals surface area (Å²) in [4.78, 5) is 50.5. The lowest BCUT2D eigenvalue weighted by Gasteiger charge is -1.99. The molecule has 0 aliphatic carbocycles. The molecule has 0 saturated heterocycles. The smallest absolute Gasteiger partial charge is 0.303 e. The maximum Gasteiger partial charge on any atom is 0.326 e. The van der Waals surface area contributed by atoms with Crippen LogP contribution >= 0.6 is 11.3 Å². The van der Waals surface area contributed by atoms with Crippen molar-refractivity contribution < 1.29 is 9.59 Å². The number of aromatic nitrogens is 4. The average Bonchev–Trinajstić information content (AvgIpc) is 3.08. The van der Waals surface area contributed by atoms with E-state index in [1.54, 1.807) is 0 Å². The number of aromatic amines is 2. The van der Waals surface area contributed by atoms with Crippen LogP contribution in [0.4, 0.5) is 5.13 Å². The highest BCUT2D eigenvalue weighted by atomic mass is 32.1. The number of hydrogen-bond donors (Lipinski definition) is 4. The molecule has 12 heteroatoms. The summed E-state index contributed by atoms with van der Waals surface area (Å²) in [6, 6.07) is 10.2. The summed E-state index contributed by atoms with van der Waals surface area (Å²) in [7, 11) is 0. The maximum atomic E-state index is 12.0. The minimum atomic E-state index is -0.802. The molecule has 0 bridgehead atoms. The first-order chi connectivity index (χ1) is 13.5. The fourth-order valence-corrected chi connectivity index (χ4v) is 2.76. The van der Waals surface area contributed by atoms with E-state index in [1.165, 1.54) is 6.21 Å². The van der Waals surface area contributed by atoms with Gasteiger partial charge in [0.1, 0.15) is 10.7 Å². The molecule has 3 aromatic rings. The first kappa shape index (κ1) is 18.8. The third-order valence-corrected chi connectivity index (χ3v) is 4.05. The Bertz CT molecular complexity index is 1110. The Balaban J connectivity index is 1.55. The predicted octanol–water partition coefficient (Wildman–Crippen LogP) is -0.140. The fraction of sp³-hybridized carbons (Fsp3) is 0.0625. The molecule has 1 aromatic carbocycles. The second kappa shape index (κ2) is 8.64. The van der Waals surface area contributed by atoms with Crippen molar-refractivity contribution in [2.24, 2.45) is 5.10 Å². The number of anilines is 1. The molecule has 28 heavy (non-hydrogen) atoms. The minimum absolute atomic E-state index is 0.0818. The van der Waals surface area contributed by atoms with E-state index < -0.39 is 23.1 Å². The Morgan fingerprint density at radius 2 is 1.93 bits per heavy atom. The average molecular weight is 399 g/mol. The summed E-state index contributed by atoms with van der Waals surface area (Å²) >= 11 is 0.978. The van der Waals surface area contributed by atoms with Crippen LogP contribution in [0.5, 0.6) is 0 Å². The first-order valence-electron chi connectivity index (χ1n) is 7.84. The molecule has 4 N–H and O–H groups in total. The summed E-state index contributed by atoms with van der Waals surface area (Å²) < 4.78 is 0. The number of benzene rings is 1. The van der Waals surface area contributed by atoms with Gasteiger partial charge >= 0.3 is 5.69 Å². The van der Waals surface area contributed by atoms with Crippen LogP contribution < -0.4 is 22.0 Å². The summed E-state index contributed by atoms with van der Waals surface area (Å²) in [5.41, 5.74) is 1.47. The molecular weight excluding hydrogens is 386 g/mol. The van der Waals surface area contributed by atoms with Crippen LogP contribution in [0.3, 0.4) is 0 Å². The summed E-state index contributed by atoms with van der Waals surface area (Å²) in [6.45, 7) is 0. The van der Waals surface area contributed by atoms with Gasteiger partial charge in [0.2, 0.25) is 11.0 Å². The van der Waals surface area contributed by atoms with Crippen LogP contribution in [-0.4, -0.2) is 38.2 Å². The molecule has 2 heterocycles. The fourth-order valence-electron chi connectivity index (χ4n) is 2.03. The van der Waals surface area contributed by atoms with Crippen LogP contribution in [-0.2, 0) is 11.2 Å². The molecule has 142 valence electrons. The summed E-state index contributed by atoms with van der Waals surface area (Å²) in [6.07, 6.45) is 1.42. The first-order valence-corrected chi connectivity index (χ1v) is 8.65. The zero-order valence-electron chi connectivity index (χ0n) is 14.1. The van der Waals surface area contributed by atoms with Crippen molar-refractivity contribution in [3.8, 4) is 0 Å². The molecule has 3 rings (SSSR count). The largest absolute Gasteiger partial charge is 0.326 e. The van der Waals surface area contributed by atoms with E-state index in [0.29, 0.717) is 5.01 Å². The monoisotopic (exact) mass is 399 g/mol. The van der Waals surface area contributed by atoms with Gasteiger partial charge in [-0.05, 0) is 5.56 Å². The van der Waals surface area contributed by atoms with Gasteiger partial charge in [-0.15, -0.1) is 10.2 Å². The molecule has 0 saturated carbocycles. The van der Waals surface area contributed by atoms with Gasteiger partial charge in [-0.3, -0.25) is 24.7 Å². The lowest BCUT2D eigenvalue weighted by Crippen LogP contribution is -2.27. The Hall–Kier alpha value is -3.93. The lowest BCUT2D eigenvalue weighted by atomic mass is 10.2. The lowest BCUT2D eigenvalue weighted by molar-refractivity contribution is -0.120. The van der Waals surface area contributed by atoms with E-state index in [2.05, 4.69) is 31.0 Å². The van der Waals surface area contributed by atoms with Gasteiger partial charge in [-0.1, -0.05) is 41.7 Å². The Morgan fingerprint density at radius 3 is 2.68 bits per heavy atom. The molecule has 0 spiro atoms.